The Morgan fingerprint density at radius 2 is 2.00 bits per heavy atom. The molecule has 0 saturated carbocycles. The molecule has 0 bridgehead atoms. The molecule has 1 heterocycles. The Hall–Kier alpha value is -2.24. The summed E-state index contributed by atoms with van der Waals surface area (Å²) in [5, 5.41) is 7.36. The van der Waals surface area contributed by atoms with Crippen molar-refractivity contribution in [1.29, 1.82) is 0 Å². The van der Waals surface area contributed by atoms with E-state index in [9.17, 15) is 0 Å². The summed E-state index contributed by atoms with van der Waals surface area (Å²) in [7, 11) is 1.87. The van der Waals surface area contributed by atoms with Gasteiger partial charge in [-0.05, 0) is 26.0 Å². The zero-order valence-corrected chi connectivity index (χ0v) is 12.1. The quantitative estimate of drug-likeness (QED) is 0.840. The summed E-state index contributed by atoms with van der Waals surface area (Å²) in [5.41, 5.74) is 0.890. The number of hydrogen-bond acceptors (Lipinski definition) is 5. The van der Waals surface area contributed by atoms with Crippen LogP contribution in [0.4, 0.5) is 5.69 Å². The first-order valence-corrected chi connectivity index (χ1v) is 6.71. The van der Waals surface area contributed by atoms with Gasteiger partial charge in [0, 0.05) is 13.1 Å². The zero-order chi connectivity index (χ0) is 14.4. The zero-order valence-electron chi connectivity index (χ0n) is 12.1. The number of anilines is 1. The molecule has 0 saturated heterocycles. The Bertz CT molecular complexity index is 554. The van der Waals surface area contributed by atoms with E-state index in [1.807, 2.05) is 39.1 Å². The van der Waals surface area contributed by atoms with Crippen LogP contribution in [0.15, 0.2) is 24.5 Å². The van der Waals surface area contributed by atoms with Crippen molar-refractivity contribution >= 4 is 5.69 Å². The van der Waals surface area contributed by atoms with E-state index in [4.69, 9.17) is 9.47 Å². The highest BCUT2D eigenvalue weighted by Crippen LogP contribution is 2.29. The van der Waals surface area contributed by atoms with Gasteiger partial charge < -0.3 is 14.8 Å². The van der Waals surface area contributed by atoms with Crippen molar-refractivity contribution in [3.05, 3.63) is 30.4 Å². The van der Waals surface area contributed by atoms with E-state index in [0.29, 0.717) is 19.8 Å². The fourth-order valence-electron chi connectivity index (χ4n) is 1.84. The van der Waals surface area contributed by atoms with Gasteiger partial charge in [0.25, 0.3) is 0 Å². The summed E-state index contributed by atoms with van der Waals surface area (Å²) >= 11 is 0. The van der Waals surface area contributed by atoms with E-state index >= 15 is 0 Å². The number of benzene rings is 1. The summed E-state index contributed by atoms with van der Waals surface area (Å²) in [4.78, 5) is 4.18. The van der Waals surface area contributed by atoms with Crippen LogP contribution in [0.1, 0.15) is 19.7 Å². The predicted molar refractivity (Wildman–Crippen MR) is 77.1 cm³/mol. The average molecular weight is 276 g/mol. The normalized spacial score (nSPS) is 10.3. The van der Waals surface area contributed by atoms with Gasteiger partial charge >= 0.3 is 0 Å². The molecule has 1 aromatic carbocycles. The SMILES string of the molecule is CCOc1ccc(OCC)c(NCc2ncnn2C)c1. The Labute approximate surface area is 118 Å². The number of rotatable bonds is 7. The molecule has 6 heteroatoms. The van der Waals surface area contributed by atoms with Crippen molar-refractivity contribution in [3.8, 4) is 11.5 Å². The maximum absolute atomic E-state index is 5.61. The molecule has 108 valence electrons. The first-order valence-electron chi connectivity index (χ1n) is 6.71. The van der Waals surface area contributed by atoms with Crippen molar-refractivity contribution in [2.24, 2.45) is 7.05 Å². The predicted octanol–water partition coefficient (Wildman–Crippen LogP) is 2.22. The van der Waals surface area contributed by atoms with Crippen LogP contribution in [0.2, 0.25) is 0 Å². The number of hydrogen-bond donors (Lipinski definition) is 1. The lowest BCUT2D eigenvalue weighted by Gasteiger charge is -2.14. The lowest BCUT2D eigenvalue weighted by Crippen LogP contribution is -2.08. The molecule has 2 rings (SSSR count). The molecule has 1 aromatic heterocycles. The second-order valence-electron chi connectivity index (χ2n) is 4.18. The lowest BCUT2D eigenvalue weighted by molar-refractivity contribution is 0.332. The molecule has 6 nitrogen and oxygen atoms in total. The molecule has 2 aromatic rings. The smallest absolute Gasteiger partial charge is 0.145 e. The van der Waals surface area contributed by atoms with Crippen LogP contribution in [0, 0.1) is 0 Å². The monoisotopic (exact) mass is 276 g/mol. The van der Waals surface area contributed by atoms with Crippen LogP contribution in [0.3, 0.4) is 0 Å². The van der Waals surface area contributed by atoms with E-state index in [0.717, 1.165) is 23.0 Å². The topological polar surface area (TPSA) is 61.2 Å². The lowest BCUT2D eigenvalue weighted by atomic mass is 10.2. The van der Waals surface area contributed by atoms with E-state index in [1.165, 1.54) is 6.33 Å². The summed E-state index contributed by atoms with van der Waals surface area (Å²) in [5.74, 6) is 2.48. The third-order valence-corrected chi connectivity index (χ3v) is 2.80. The van der Waals surface area contributed by atoms with E-state index in [1.54, 1.807) is 4.68 Å². The number of nitrogens with zero attached hydrogens (tertiary/aromatic N) is 3. The van der Waals surface area contributed by atoms with Gasteiger partial charge in [0.2, 0.25) is 0 Å². The number of ether oxygens (including phenoxy) is 2. The van der Waals surface area contributed by atoms with E-state index in [-0.39, 0.29) is 0 Å². The van der Waals surface area contributed by atoms with Gasteiger partial charge in [0.05, 0.1) is 25.4 Å². The highest BCUT2D eigenvalue weighted by Gasteiger charge is 2.07. The van der Waals surface area contributed by atoms with Crippen LogP contribution in [0.25, 0.3) is 0 Å². The van der Waals surface area contributed by atoms with Crippen molar-refractivity contribution in [2.75, 3.05) is 18.5 Å². The Balaban J connectivity index is 2.14. The third-order valence-electron chi connectivity index (χ3n) is 2.80. The minimum Gasteiger partial charge on any atom is -0.494 e. The van der Waals surface area contributed by atoms with Gasteiger partial charge in [0.1, 0.15) is 23.7 Å². The average Bonchev–Trinajstić information content (AvgIpc) is 2.85. The maximum Gasteiger partial charge on any atom is 0.145 e. The molecule has 0 radical (unpaired) electrons. The van der Waals surface area contributed by atoms with E-state index < -0.39 is 0 Å². The molecule has 0 aliphatic rings. The highest BCUT2D eigenvalue weighted by molar-refractivity contribution is 5.59. The summed E-state index contributed by atoms with van der Waals surface area (Å²) in [6.07, 6.45) is 1.54. The second kappa shape index (κ2) is 6.79. The first-order chi connectivity index (χ1) is 9.74. The molecular formula is C14H20N4O2. The molecule has 0 aliphatic carbocycles. The molecule has 0 atom stereocenters. The third kappa shape index (κ3) is 3.40. The van der Waals surface area contributed by atoms with Crippen LogP contribution >= 0.6 is 0 Å². The molecule has 20 heavy (non-hydrogen) atoms. The van der Waals surface area contributed by atoms with Gasteiger partial charge in [-0.15, -0.1) is 0 Å². The molecule has 0 fully saturated rings. The van der Waals surface area contributed by atoms with Crippen molar-refractivity contribution < 1.29 is 9.47 Å². The minimum absolute atomic E-state index is 0.576. The van der Waals surface area contributed by atoms with Gasteiger partial charge in [-0.3, -0.25) is 4.68 Å². The summed E-state index contributed by atoms with van der Waals surface area (Å²) in [6, 6.07) is 5.75. The summed E-state index contributed by atoms with van der Waals surface area (Å²) < 4.78 is 12.9. The van der Waals surface area contributed by atoms with Crippen molar-refractivity contribution in [1.82, 2.24) is 14.8 Å². The fourth-order valence-corrected chi connectivity index (χ4v) is 1.84. The van der Waals surface area contributed by atoms with Crippen LogP contribution in [-0.4, -0.2) is 28.0 Å². The van der Waals surface area contributed by atoms with Gasteiger partial charge in [-0.25, -0.2) is 4.98 Å². The molecule has 1 N–H and O–H groups in total. The number of aryl methyl sites for hydroxylation is 1. The molecule has 0 unspecified atom stereocenters. The van der Waals surface area contributed by atoms with Crippen LogP contribution in [0.5, 0.6) is 11.5 Å². The van der Waals surface area contributed by atoms with Crippen molar-refractivity contribution in [3.63, 3.8) is 0 Å². The van der Waals surface area contributed by atoms with Gasteiger partial charge in [-0.2, -0.15) is 5.10 Å². The highest BCUT2D eigenvalue weighted by atomic mass is 16.5. The van der Waals surface area contributed by atoms with E-state index in [2.05, 4.69) is 15.4 Å². The molecule has 0 aliphatic heterocycles. The summed E-state index contributed by atoms with van der Waals surface area (Å²) in [6.45, 7) is 5.75. The van der Waals surface area contributed by atoms with Crippen LogP contribution < -0.4 is 14.8 Å². The Morgan fingerprint density at radius 3 is 2.65 bits per heavy atom. The molecule has 0 amide bonds. The second-order valence-corrected chi connectivity index (χ2v) is 4.18. The van der Waals surface area contributed by atoms with Crippen LogP contribution in [-0.2, 0) is 13.6 Å². The Morgan fingerprint density at radius 1 is 1.20 bits per heavy atom. The van der Waals surface area contributed by atoms with Crippen molar-refractivity contribution in [2.45, 2.75) is 20.4 Å². The van der Waals surface area contributed by atoms with Gasteiger partial charge in [0.15, 0.2) is 0 Å². The standard InChI is InChI=1S/C14H20N4O2/c1-4-19-11-6-7-13(20-5-2)12(8-11)15-9-14-16-10-17-18(14)3/h6-8,10,15H,4-5,9H2,1-3H3. The number of nitrogens with one attached hydrogen (secondary N) is 1. The first kappa shape index (κ1) is 14.2. The maximum atomic E-state index is 5.61. The largest absolute Gasteiger partial charge is 0.494 e. The molecular weight excluding hydrogens is 256 g/mol. The minimum atomic E-state index is 0.576. The molecule has 0 spiro atoms. The number of aromatic nitrogens is 3. The Kier molecular flexibility index (Phi) is 4.81. The van der Waals surface area contributed by atoms with Gasteiger partial charge in [-0.1, -0.05) is 0 Å². The fraction of sp³-hybridized carbons (Fsp3) is 0.429.